The molecule has 4 heteroatoms. The highest BCUT2D eigenvalue weighted by Gasteiger charge is 2.22. The molecule has 0 aromatic carbocycles. The van der Waals surface area contributed by atoms with Crippen LogP contribution in [-0.4, -0.2) is 59.6 Å². The summed E-state index contributed by atoms with van der Waals surface area (Å²) in [6.07, 6.45) is 0. The van der Waals surface area contributed by atoms with Gasteiger partial charge in [-0.1, -0.05) is 6.92 Å². The molecule has 0 aromatic rings. The molecule has 1 N–H and O–H groups in total. The number of carbonyl (C=O) groups is 1. The molecule has 0 aliphatic heterocycles. The molecule has 0 rings (SSSR count). The molecule has 0 spiro atoms. The van der Waals surface area contributed by atoms with Gasteiger partial charge >= 0.3 is 0 Å². The zero-order chi connectivity index (χ0) is 11.8. The summed E-state index contributed by atoms with van der Waals surface area (Å²) < 4.78 is 0. The molecule has 1 unspecified atom stereocenters. The van der Waals surface area contributed by atoms with E-state index in [9.17, 15) is 4.79 Å². The van der Waals surface area contributed by atoms with Gasteiger partial charge in [-0.15, -0.1) is 0 Å². The van der Waals surface area contributed by atoms with Crippen molar-refractivity contribution in [1.29, 1.82) is 0 Å². The van der Waals surface area contributed by atoms with E-state index in [-0.39, 0.29) is 18.6 Å². The van der Waals surface area contributed by atoms with Crippen molar-refractivity contribution in [1.82, 2.24) is 9.80 Å². The van der Waals surface area contributed by atoms with Crippen LogP contribution >= 0.6 is 0 Å². The highest BCUT2D eigenvalue weighted by atomic mass is 16.3. The topological polar surface area (TPSA) is 43.8 Å². The first kappa shape index (κ1) is 14.4. The lowest BCUT2D eigenvalue weighted by Gasteiger charge is -2.30. The van der Waals surface area contributed by atoms with E-state index in [4.69, 9.17) is 5.11 Å². The van der Waals surface area contributed by atoms with Crippen molar-refractivity contribution in [3.05, 3.63) is 0 Å². The van der Waals surface area contributed by atoms with E-state index in [0.29, 0.717) is 6.54 Å². The molecule has 0 heterocycles. The molecule has 0 saturated carbocycles. The molecule has 0 aromatic heterocycles. The zero-order valence-corrected chi connectivity index (χ0v) is 10.4. The van der Waals surface area contributed by atoms with Gasteiger partial charge < -0.3 is 10.0 Å². The van der Waals surface area contributed by atoms with E-state index >= 15 is 0 Å². The molecule has 4 nitrogen and oxygen atoms in total. The molecule has 1 atom stereocenters. The number of hydrogen-bond acceptors (Lipinski definition) is 3. The number of likely N-dealkylation sites (N-methyl/N-ethyl adjacent to an activating group) is 2. The molecule has 90 valence electrons. The number of hydrogen-bond donors (Lipinski definition) is 1. The Bertz CT molecular complexity index is 181. The van der Waals surface area contributed by atoms with Gasteiger partial charge in [-0.2, -0.15) is 0 Å². The number of aliphatic hydroxyl groups excluding tert-OH is 1. The third-order valence-corrected chi connectivity index (χ3v) is 2.77. The van der Waals surface area contributed by atoms with Gasteiger partial charge in [0, 0.05) is 19.6 Å². The van der Waals surface area contributed by atoms with Gasteiger partial charge in [0.2, 0.25) is 5.91 Å². The van der Waals surface area contributed by atoms with E-state index in [1.807, 2.05) is 37.5 Å². The molecule has 0 radical (unpaired) electrons. The Hall–Kier alpha value is -0.610. The summed E-state index contributed by atoms with van der Waals surface area (Å²) in [6, 6.07) is -0.137. The summed E-state index contributed by atoms with van der Waals surface area (Å²) in [7, 11) is 0. The molecule has 0 bridgehead atoms. The van der Waals surface area contributed by atoms with Gasteiger partial charge in [0.05, 0.1) is 12.6 Å². The van der Waals surface area contributed by atoms with Crippen LogP contribution in [0.1, 0.15) is 27.7 Å². The number of rotatable bonds is 7. The Morgan fingerprint density at radius 2 is 1.73 bits per heavy atom. The summed E-state index contributed by atoms with van der Waals surface area (Å²) >= 11 is 0. The van der Waals surface area contributed by atoms with Gasteiger partial charge in [-0.3, -0.25) is 9.69 Å². The monoisotopic (exact) mass is 216 g/mol. The summed E-state index contributed by atoms with van der Waals surface area (Å²) in [5, 5.41) is 8.88. The van der Waals surface area contributed by atoms with Crippen LogP contribution in [0.15, 0.2) is 0 Å². The largest absolute Gasteiger partial charge is 0.395 e. The average molecular weight is 216 g/mol. The highest BCUT2D eigenvalue weighted by molar-refractivity contribution is 5.81. The Kier molecular flexibility index (Phi) is 7.34. The summed E-state index contributed by atoms with van der Waals surface area (Å²) in [5.74, 6) is 0.148. The SMILES string of the molecule is CCN(CC)C(=O)C(C)N(CC)CCO. The van der Waals surface area contributed by atoms with Gasteiger partial charge in [0.15, 0.2) is 0 Å². The predicted octanol–water partition coefficient (Wildman–Crippen LogP) is 0.557. The van der Waals surface area contributed by atoms with Crippen LogP contribution in [0.25, 0.3) is 0 Å². The number of amides is 1. The maximum atomic E-state index is 12.0. The molecule has 0 saturated heterocycles. The second-order valence-electron chi connectivity index (χ2n) is 3.54. The maximum Gasteiger partial charge on any atom is 0.239 e. The number of aliphatic hydroxyl groups is 1. The van der Waals surface area contributed by atoms with Gasteiger partial charge in [-0.25, -0.2) is 0 Å². The Balaban J connectivity index is 4.38. The summed E-state index contributed by atoms with van der Waals surface area (Å²) in [6.45, 7) is 10.8. The standard InChI is InChI=1S/C11H24N2O2/c1-5-12(6-2)11(15)10(4)13(7-3)8-9-14/h10,14H,5-9H2,1-4H3. The van der Waals surface area contributed by atoms with Crippen LogP contribution in [0, 0.1) is 0 Å². The van der Waals surface area contributed by atoms with Crippen LogP contribution in [-0.2, 0) is 4.79 Å². The molecule has 1 amide bonds. The van der Waals surface area contributed by atoms with Crippen molar-refractivity contribution in [2.24, 2.45) is 0 Å². The minimum Gasteiger partial charge on any atom is -0.395 e. The normalized spacial score (nSPS) is 12.9. The second kappa shape index (κ2) is 7.65. The van der Waals surface area contributed by atoms with Gasteiger partial charge in [0.25, 0.3) is 0 Å². The molecule has 0 aliphatic rings. The molecule has 0 fully saturated rings. The lowest BCUT2D eigenvalue weighted by molar-refractivity contribution is -0.136. The van der Waals surface area contributed by atoms with Crippen LogP contribution in [0.3, 0.4) is 0 Å². The zero-order valence-electron chi connectivity index (χ0n) is 10.4. The first-order valence-corrected chi connectivity index (χ1v) is 5.75. The van der Waals surface area contributed by atoms with Crippen LogP contribution in [0.5, 0.6) is 0 Å². The van der Waals surface area contributed by atoms with Crippen molar-refractivity contribution >= 4 is 5.91 Å². The van der Waals surface area contributed by atoms with Crippen molar-refractivity contribution in [2.75, 3.05) is 32.8 Å². The van der Waals surface area contributed by atoms with Gasteiger partial charge in [-0.05, 0) is 27.3 Å². The second-order valence-corrected chi connectivity index (χ2v) is 3.54. The van der Waals surface area contributed by atoms with E-state index in [2.05, 4.69) is 0 Å². The first-order chi connectivity index (χ1) is 7.12. The third-order valence-electron chi connectivity index (χ3n) is 2.77. The number of nitrogens with zero attached hydrogens (tertiary/aromatic N) is 2. The Morgan fingerprint density at radius 3 is 2.07 bits per heavy atom. The predicted molar refractivity (Wildman–Crippen MR) is 61.7 cm³/mol. The molecule has 15 heavy (non-hydrogen) atoms. The van der Waals surface area contributed by atoms with Crippen LogP contribution in [0.2, 0.25) is 0 Å². The van der Waals surface area contributed by atoms with Crippen molar-refractivity contribution in [3.63, 3.8) is 0 Å². The first-order valence-electron chi connectivity index (χ1n) is 5.75. The maximum absolute atomic E-state index is 12.0. The lowest BCUT2D eigenvalue weighted by Crippen LogP contribution is -2.47. The van der Waals surface area contributed by atoms with Crippen LogP contribution < -0.4 is 0 Å². The fourth-order valence-electron chi connectivity index (χ4n) is 1.71. The Morgan fingerprint density at radius 1 is 1.20 bits per heavy atom. The molecular formula is C11H24N2O2. The molecular weight excluding hydrogens is 192 g/mol. The van der Waals surface area contributed by atoms with Gasteiger partial charge in [0.1, 0.15) is 0 Å². The minimum absolute atomic E-state index is 0.101. The van der Waals surface area contributed by atoms with E-state index < -0.39 is 0 Å². The third kappa shape index (κ3) is 4.18. The lowest BCUT2D eigenvalue weighted by atomic mass is 10.2. The fraction of sp³-hybridized carbons (Fsp3) is 0.909. The van der Waals surface area contributed by atoms with Crippen LogP contribution in [0.4, 0.5) is 0 Å². The minimum atomic E-state index is -0.137. The smallest absolute Gasteiger partial charge is 0.239 e. The summed E-state index contributed by atoms with van der Waals surface area (Å²) in [4.78, 5) is 15.8. The molecule has 0 aliphatic carbocycles. The highest BCUT2D eigenvalue weighted by Crippen LogP contribution is 2.03. The number of carbonyl (C=O) groups excluding carboxylic acids is 1. The quantitative estimate of drug-likeness (QED) is 0.676. The van der Waals surface area contributed by atoms with E-state index in [1.165, 1.54) is 0 Å². The van der Waals surface area contributed by atoms with Crippen molar-refractivity contribution < 1.29 is 9.90 Å². The Labute approximate surface area is 92.9 Å². The van der Waals surface area contributed by atoms with Crippen molar-refractivity contribution in [3.8, 4) is 0 Å². The summed E-state index contributed by atoms with van der Waals surface area (Å²) in [5.41, 5.74) is 0. The average Bonchev–Trinajstić information content (AvgIpc) is 2.26. The fourth-order valence-corrected chi connectivity index (χ4v) is 1.71. The van der Waals surface area contributed by atoms with Crippen molar-refractivity contribution in [2.45, 2.75) is 33.7 Å². The van der Waals surface area contributed by atoms with E-state index in [0.717, 1.165) is 19.6 Å². The van der Waals surface area contributed by atoms with E-state index in [1.54, 1.807) is 0 Å².